The fraction of sp³-hybridized carbons (Fsp3) is 0.481. The minimum absolute atomic E-state index is 0.0503. The Morgan fingerprint density at radius 3 is 2.34 bits per heavy atom. The second-order valence-corrected chi connectivity index (χ2v) is 11.8. The molecule has 1 atom stereocenters. The number of hydrogen-bond donors (Lipinski definition) is 1. The van der Waals surface area contributed by atoms with Crippen LogP contribution in [0.3, 0.4) is 0 Å². The van der Waals surface area contributed by atoms with E-state index in [-0.39, 0.29) is 29.9 Å². The molecule has 1 unspecified atom stereocenters. The van der Waals surface area contributed by atoms with Gasteiger partial charge >= 0.3 is 0 Å². The number of nitrogens with zero attached hydrogens (tertiary/aromatic N) is 3. The molecule has 1 aliphatic rings. The number of nitro benzene ring substituents is 1. The van der Waals surface area contributed by atoms with Gasteiger partial charge in [-0.05, 0) is 49.8 Å². The largest absolute Gasteiger partial charge is 0.352 e. The molecular formula is C27H36N4O6S. The number of aryl methyl sites for hydroxylation is 2. The van der Waals surface area contributed by atoms with E-state index in [1.54, 1.807) is 6.92 Å². The first-order chi connectivity index (χ1) is 17.9. The van der Waals surface area contributed by atoms with Gasteiger partial charge < -0.3 is 10.2 Å². The highest BCUT2D eigenvalue weighted by molar-refractivity contribution is 7.92. The molecule has 2 aromatic rings. The number of non-ortho nitro benzene ring substituents is 1. The summed E-state index contributed by atoms with van der Waals surface area (Å²) in [7, 11) is -4.00. The number of amides is 2. The Hall–Kier alpha value is -3.47. The average molecular weight is 545 g/mol. The number of sulfonamides is 1. The predicted molar refractivity (Wildman–Crippen MR) is 146 cm³/mol. The van der Waals surface area contributed by atoms with Gasteiger partial charge in [0.2, 0.25) is 21.8 Å². The monoisotopic (exact) mass is 544 g/mol. The minimum atomic E-state index is -4.00. The molecule has 1 saturated carbocycles. The smallest absolute Gasteiger partial charge is 0.271 e. The second-order valence-electron chi connectivity index (χ2n) is 9.86. The fourth-order valence-corrected chi connectivity index (χ4v) is 5.73. The van der Waals surface area contributed by atoms with E-state index < -0.39 is 33.4 Å². The van der Waals surface area contributed by atoms with Crippen LogP contribution < -0.4 is 9.62 Å². The zero-order valence-electron chi connectivity index (χ0n) is 22.3. The highest BCUT2D eigenvalue weighted by atomic mass is 32.2. The van der Waals surface area contributed by atoms with Gasteiger partial charge in [-0.2, -0.15) is 0 Å². The minimum Gasteiger partial charge on any atom is -0.352 e. The van der Waals surface area contributed by atoms with Gasteiger partial charge in [-0.15, -0.1) is 0 Å². The fourth-order valence-electron chi connectivity index (χ4n) is 4.83. The molecule has 0 heterocycles. The second kappa shape index (κ2) is 12.4. The highest BCUT2D eigenvalue weighted by Crippen LogP contribution is 2.28. The number of benzene rings is 2. The molecule has 0 aromatic heterocycles. The Morgan fingerprint density at radius 1 is 1.11 bits per heavy atom. The first-order valence-electron chi connectivity index (χ1n) is 12.8. The van der Waals surface area contributed by atoms with Crippen LogP contribution in [0.25, 0.3) is 0 Å². The third kappa shape index (κ3) is 7.09. The molecular weight excluding hydrogens is 508 g/mol. The van der Waals surface area contributed by atoms with Crippen LogP contribution in [0.5, 0.6) is 0 Å². The van der Waals surface area contributed by atoms with E-state index in [2.05, 4.69) is 5.32 Å². The van der Waals surface area contributed by atoms with Crippen LogP contribution in [-0.4, -0.2) is 54.9 Å². The SMILES string of the molecule is CCC(C(=O)NC1CCCC1)N(Cc1ccccc1C)C(=O)CN(c1cc([N+](=O)[O-])ccc1C)S(C)(=O)=O. The van der Waals surface area contributed by atoms with Gasteiger partial charge in [-0.1, -0.05) is 50.1 Å². The van der Waals surface area contributed by atoms with E-state index in [0.717, 1.165) is 53.4 Å². The molecule has 0 spiro atoms. The molecule has 3 rings (SSSR count). The maximum Gasteiger partial charge on any atom is 0.271 e. The standard InChI is InChI=1S/C27H36N4O6S/c1-5-24(27(33)28-22-12-8-9-13-22)29(17-21-11-7-6-10-19(21)2)26(32)18-30(38(4,36)37)25-16-23(31(34)35)15-14-20(25)3/h6-7,10-11,14-16,22,24H,5,8-9,12-13,17-18H2,1-4H3,(H,28,33). The van der Waals surface area contributed by atoms with Crippen LogP contribution in [0.15, 0.2) is 42.5 Å². The molecule has 1 fully saturated rings. The maximum atomic E-state index is 13.9. The average Bonchev–Trinajstić information content (AvgIpc) is 3.36. The van der Waals surface area contributed by atoms with Gasteiger partial charge in [0.1, 0.15) is 12.6 Å². The first kappa shape index (κ1) is 29.1. The first-order valence-corrected chi connectivity index (χ1v) is 14.6. The van der Waals surface area contributed by atoms with Crippen molar-refractivity contribution in [3.8, 4) is 0 Å². The molecule has 11 heteroatoms. The molecule has 0 bridgehead atoms. The van der Waals surface area contributed by atoms with Gasteiger partial charge in [-0.3, -0.25) is 24.0 Å². The molecule has 2 aromatic carbocycles. The Kier molecular flexibility index (Phi) is 9.48. The molecule has 10 nitrogen and oxygen atoms in total. The summed E-state index contributed by atoms with van der Waals surface area (Å²) in [4.78, 5) is 39.4. The van der Waals surface area contributed by atoms with Crippen LogP contribution in [0.4, 0.5) is 11.4 Å². The van der Waals surface area contributed by atoms with Crippen molar-refractivity contribution in [2.75, 3.05) is 17.1 Å². The lowest BCUT2D eigenvalue weighted by Crippen LogP contribution is -2.53. The number of carbonyl (C=O) groups is 2. The molecule has 0 saturated heterocycles. The number of hydrogen-bond acceptors (Lipinski definition) is 6. The lowest BCUT2D eigenvalue weighted by atomic mass is 10.1. The number of carbonyl (C=O) groups excluding carboxylic acids is 2. The predicted octanol–water partition coefficient (Wildman–Crippen LogP) is 3.84. The summed E-state index contributed by atoms with van der Waals surface area (Å²) in [5, 5.41) is 14.4. The van der Waals surface area contributed by atoms with Crippen molar-refractivity contribution < 1.29 is 22.9 Å². The van der Waals surface area contributed by atoms with E-state index >= 15 is 0 Å². The lowest BCUT2D eigenvalue weighted by Gasteiger charge is -2.34. The van der Waals surface area contributed by atoms with Crippen molar-refractivity contribution in [2.24, 2.45) is 0 Å². The van der Waals surface area contributed by atoms with Crippen LogP contribution in [-0.2, 0) is 26.2 Å². The van der Waals surface area contributed by atoms with Gasteiger partial charge in [-0.25, -0.2) is 8.42 Å². The number of nitro groups is 1. The van der Waals surface area contributed by atoms with Gasteiger partial charge in [0.05, 0.1) is 16.9 Å². The van der Waals surface area contributed by atoms with Crippen molar-refractivity contribution in [3.05, 3.63) is 69.3 Å². The molecule has 1 N–H and O–H groups in total. The van der Waals surface area contributed by atoms with E-state index in [9.17, 15) is 28.1 Å². The zero-order chi connectivity index (χ0) is 28.0. The topological polar surface area (TPSA) is 130 Å². The van der Waals surface area contributed by atoms with Gasteiger partial charge in [0, 0.05) is 24.7 Å². The van der Waals surface area contributed by atoms with E-state index in [1.165, 1.54) is 17.0 Å². The highest BCUT2D eigenvalue weighted by Gasteiger charge is 2.33. The maximum absolute atomic E-state index is 13.9. The van der Waals surface area contributed by atoms with Crippen LogP contribution >= 0.6 is 0 Å². The van der Waals surface area contributed by atoms with Crippen molar-refractivity contribution >= 4 is 33.2 Å². The third-order valence-electron chi connectivity index (χ3n) is 7.04. The summed E-state index contributed by atoms with van der Waals surface area (Å²) in [6, 6.07) is 10.6. The van der Waals surface area contributed by atoms with Crippen molar-refractivity contribution in [2.45, 2.75) is 71.5 Å². The summed E-state index contributed by atoms with van der Waals surface area (Å²) in [6.45, 7) is 4.87. The van der Waals surface area contributed by atoms with Crippen molar-refractivity contribution in [1.82, 2.24) is 10.2 Å². The molecule has 206 valence electrons. The quantitative estimate of drug-likeness (QED) is 0.338. The van der Waals surface area contributed by atoms with Crippen LogP contribution in [0.1, 0.15) is 55.7 Å². The molecule has 38 heavy (non-hydrogen) atoms. The Morgan fingerprint density at radius 2 is 1.76 bits per heavy atom. The Balaban J connectivity index is 1.99. The van der Waals surface area contributed by atoms with Gasteiger partial charge in [0.25, 0.3) is 5.69 Å². The Bertz CT molecular complexity index is 1290. The number of nitrogens with one attached hydrogen (secondary N) is 1. The summed E-state index contributed by atoms with van der Waals surface area (Å²) >= 11 is 0. The van der Waals surface area contributed by atoms with E-state index in [0.29, 0.717) is 12.0 Å². The molecule has 0 radical (unpaired) electrons. The Labute approximate surface area is 224 Å². The summed E-state index contributed by atoms with van der Waals surface area (Å²) in [5.74, 6) is -0.836. The summed E-state index contributed by atoms with van der Waals surface area (Å²) < 4.78 is 26.6. The van der Waals surface area contributed by atoms with E-state index in [4.69, 9.17) is 0 Å². The number of rotatable bonds is 11. The normalized spacial score (nSPS) is 14.6. The molecule has 2 amide bonds. The lowest BCUT2D eigenvalue weighted by molar-refractivity contribution is -0.384. The van der Waals surface area contributed by atoms with Crippen LogP contribution in [0, 0.1) is 24.0 Å². The zero-order valence-corrected chi connectivity index (χ0v) is 23.2. The summed E-state index contributed by atoms with van der Waals surface area (Å²) in [5.41, 5.74) is 2.00. The summed E-state index contributed by atoms with van der Waals surface area (Å²) in [6.07, 6.45) is 5.15. The molecule has 0 aliphatic heterocycles. The third-order valence-corrected chi connectivity index (χ3v) is 8.17. The van der Waals surface area contributed by atoms with Crippen molar-refractivity contribution in [3.63, 3.8) is 0 Å². The van der Waals surface area contributed by atoms with E-state index in [1.807, 2.05) is 38.1 Å². The van der Waals surface area contributed by atoms with Crippen LogP contribution in [0.2, 0.25) is 0 Å². The molecule has 1 aliphatic carbocycles. The van der Waals surface area contributed by atoms with Crippen molar-refractivity contribution in [1.29, 1.82) is 0 Å². The number of anilines is 1. The van der Waals surface area contributed by atoms with Gasteiger partial charge in [0.15, 0.2) is 0 Å².